The zero-order valence-electron chi connectivity index (χ0n) is 13.7. The molecule has 0 aromatic heterocycles. The van der Waals surface area contributed by atoms with E-state index in [0.29, 0.717) is 12.1 Å². The number of rotatable bonds is 3. The molecule has 1 heterocycles. The molecule has 1 amide bonds. The third kappa shape index (κ3) is 4.31. The zero-order valence-corrected chi connectivity index (χ0v) is 13.7. The van der Waals surface area contributed by atoms with E-state index < -0.39 is 0 Å². The molecule has 21 heavy (non-hydrogen) atoms. The molecule has 0 bridgehead atoms. The van der Waals surface area contributed by atoms with Gasteiger partial charge in [-0.25, -0.2) is 0 Å². The van der Waals surface area contributed by atoms with Crippen LogP contribution in [0, 0.1) is 5.41 Å². The fraction of sp³-hybridized carbons (Fsp3) is 0.611. The molecule has 1 fully saturated rings. The normalized spacial score (nSPS) is 19.2. The molecule has 1 atom stereocenters. The van der Waals surface area contributed by atoms with Gasteiger partial charge in [0, 0.05) is 30.6 Å². The Bertz CT molecular complexity index is 456. The van der Waals surface area contributed by atoms with Crippen molar-refractivity contribution in [1.29, 1.82) is 0 Å². The quantitative estimate of drug-likeness (QED) is 0.925. The highest BCUT2D eigenvalue weighted by Gasteiger charge is 2.28. The number of hydrogen-bond donors (Lipinski definition) is 1. The minimum absolute atomic E-state index is 0.164. The monoisotopic (exact) mass is 288 g/mol. The van der Waals surface area contributed by atoms with Crippen molar-refractivity contribution >= 4 is 5.91 Å². The lowest BCUT2D eigenvalue weighted by atomic mass is 9.93. The predicted octanol–water partition coefficient (Wildman–Crippen LogP) is 3.37. The maximum Gasteiger partial charge on any atom is 0.225 e. The number of carbonyl (C=O) groups excluding carboxylic acids is 1. The van der Waals surface area contributed by atoms with Crippen LogP contribution in [0.3, 0.4) is 0 Å². The number of benzene rings is 1. The maximum absolute atomic E-state index is 12.0. The molecule has 1 aliphatic rings. The fourth-order valence-corrected chi connectivity index (χ4v) is 2.78. The molecule has 1 N–H and O–H groups in total. The van der Waals surface area contributed by atoms with E-state index >= 15 is 0 Å². The molecule has 1 saturated heterocycles. The van der Waals surface area contributed by atoms with Gasteiger partial charge in [0.15, 0.2) is 0 Å². The molecule has 116 valence electrons. The minimum atomic E-state index is -0.297. The first-order valence-electron chi connectivity index (χ1n) is 7.98. The highest BCUT2D eigenvalue weighted by molar-refractivity contribution is 5.81. The lowest BCUT2D eigenvalue weighted by molar-refractivity contribution is -0.129. The Kier molecular flexibility index (Phi) is 5.04. The van der Waals surface area contributed by atoms with Gasteiger partial charge in [0.05, 0.1) is 0 Å². The summed E-state index contributed by atoms with van der Waals surface area (Å²) in [5.74, 6) is 0.164. The van der Waals surface area contributed by atoms with Gasteiger partial charge in [0.25, 0.3) is 0 Å². The summed E-state index contributed by atoms with van der Waals surface area (Å²) in [6.45, 7) is 10.3. The average molecular weight is 288 g/mol. The second-order valence-electron chi connectivity index (χ2n) is 7.12. The standard InChI is InChI=1S/C18H28N2O/c1-14(15-8-6-5-7-9-15)20-12-10-16(11-13-20)19-17(21)18(2,3)4/h5-9,14,16H,10-13H2,1-4H3,(H,19,21). The van der Waals surface area contributed by atoms with Crippen LogP contribution < -0.4 is 5.32 Å². The van der Waals surface area contributed by atoms with Crippen LogP contribution in [0.1, 0.15) is 52.1 Å². The van der Waals surface area contributed by atoms with Gasteiger partial charge in [-0.3, -0.25) is 9.69 Å². The van der Waals surface area contributed by atoms with Crippen LogP contribution >= 0.6 is 0 Å². The number of amides is 1. The summed E-state index contributed by atoms with van der Waals surface area (Å²) in [6.07, 6.45) is 2.08. The minimum Gasteiger partial charge on any atom is -0.353 e. The summed E-state index contributed by atoms with van der Waals surface area (Å²) in [5, 5.41) is 3.19. The maximum atomic E-state index is 12.0. The van der Waals surface area contributed by atoms with Crippen LogP contribution in [0.15, 0.2) is 30.3 Å². The van der Waals surface area contributed by atoms with Gasteiger partial charge in [-0.2, -0.15) is 0 Å². The molecule has 1 aromatic carbocycles. The van der Waals surface area contributed by atoms with Crippen LogP contribution in [-0.2, 0) is 4.79 Å². The molecule has 3 heteroatoms. The Morgan fingerprint density at radius 3 is 2.29 bits per heavy atom. The molecule has 0 aliphatic carbocycles. The Balaban J connectivity index is 1.85. The molecular formula is C18H28N2O. The first kappa shape index (κ1) is 16.0. The molecule has 1 aliphatic heterocycles. The smallest absolute Gasteiger partial charge is 0.225 e. The van der Waals surface area contributed by atoms with Crippen molar-refractivity contribution in [1.82, 2.24) is 10.2 Å². The number of carbonyl (C=O) groups is 1. The van der Waals surface area contributed by atoms with Gasteiger partial charge >= 0.3 is 0 Å². The van der Waals surface area contributed by atoms with Crippen molar-refractivity contribution in [3.05, 3.63) is 35.9 Å². The van der Waals surface area contributed by atoms with Crippen LogP contribution in [0.4, 0.5) is 0 Å². The highest BCUT2D eigenvalue weighted by Crippen LogP contribution is 2.24. The largest absolute Gasteiger partial charge is 0.353 e. The van der Waals surface area contributed by atoms with Gasteiger partial charge in [0.1, 0.15) is 0 Å². The van der Waals surface area contributed by atoms with E-state index in [4.69, 9.17) is 0 Å². The van der Waals surface area contributed by atoms with Crippen molar-refractivity contribution < 1.29 is 4.79 Å². The Labute approximate surface area is 128 Å². The van der Waals surface area contributed by atoms with Crippen molar-refractivity contribution in [3.63, 3.8) is 0 Å². The van der Waals surface area contributed by atoms with E-state index in [2.05, 4.69) is 47.5 Å². The predicted molar refractivity (Wildman–Crippen MR) is 87.0 cm³/mol. The van der Waals surface area contributed by atoms with E-state index in [-0.39, 0.29) is 11.3 Å². The van der Waals surface area contributed by atoms with E-state index in [9.17, 15) is 4.79 Å². The number of likely N-dealkylation sites (tertiary alicyclic amines) is 1. The fourth-order valence-electron chi connectivity index (χ4n) is 2.78. The van der Waals surface area contributed by atoms with Crippen LogP contribution in [-0.4, -0.2) is 29.9 Å². The molecule has 1 unspecified atom stereocenters. The van der Waals surface area contributed by atoms with Crippen molar-refractivity contribution in [2.24, 2.45) is 5.41 Å². The molecule has 0 saturated carbocycles. The van der Waals surface area contributed by atoms with E-state index in [1.807, 2.05) is 20.8 Å². The Morgan fingerprint density at radius 2 is 1.76 bits per heavy atom. The summed E-state index contributed by atoms with van der Waals surface area (Å²) < 4.78 is 0. The summed E-state index contributed by atoms with van der Waals surface area (Å²) >= 11 is 0. The lowest BCUT2D eigenvalue weighted by Crippen LogP contribution is -2.48. The molecule has 0 spiro atoms. The number of nitrogens with zero attached hydrogens (tertiary/aromatic N) is 1. The molecule has 2 rings (SSSR count). The van der Waals surface area contributed by atoms with Crippen molar-refractivity contribution in [2.45, 2.75) is 52.6 Å². The van der Waals surface area contributed by atoms with Crippen LogP contribution in [0.5, 0.6) is 0 Å². The second-order valence-corrected chi connectivity index (χ2v) is 7.12. The number of hydrogen-bond acceptors (Lipinski definition) is 2. The van der Waals surface area contributed by atoms with Crippen molar-refractivity contribution in [3.8, 4) is 0 Å². The molecule has 0 radical (unpaired) electrons. The average Bonchev–Trinajstić information content (AvgIpc) is 2.47. The van der Waals surface area contributed by atoms with Gasteiger partial charge in [-0.15, -0.1) is 0 Å². The number of nitrogens with one attached hydrogen (secondary N) is 1. The lowest BCUT2D eigenvalue weighted by Gasteiger charge is -2.37. The highest BCUT2D eigenvalue weighted by atomic mass is 16.2. The first-order chi connectivity index (χ1) is 9.88. The third-order valence-electron chi connectivity index (χ3n) is 4.38. The van der Waals surface area contributed by atoms with E-state index in [1.54, 1.807) is 0 Å². The topological polar surface area (TPSA) is 32.3 Å². The van der Waals surface area contributed by atoms with Crippen LogP contribution in [0.25, 0.3) is 0 Å². The van der Waals surface area contributed by atoms with E-state index in [1.165, 1.54) is 5.56 Å². The Hall–Kier alpha value is -1.35. The number of piperidine rings is 1. The second kappa shape index (κ2) is 6.61. The first-order valence-corrected chi connectivity index (χ1v) is 7.98. The van der Waals surface area contributed by atoms with Gasteiger partial charge in [-0.1, -0.05) is 51.1 Å². The van der Waals surface area contributed by atoms with Crippen LogP contribution in [0.2, 0.25) is 0 Å². The summed E-state index contributed by atoms with van der Waals surface area (Å²) in [5.41, 5.74) is 1.07. The zero-order chi connectivity index (χ0) is 15.5. The van der Waals surface area contributed by atoms with Crippen molar-refractivity contribution in [2.75, 3.05) is 13.1 Å². The van der Waals surface area contributed by atoms with Gasteiger partial charge in [0.2, 0.25) is 5.91 Å². The summed E-state index contributed by atoms with van der Waals surface area (Å²) in [4.78, 5) is 14.6. The summed E-state index contributed by atoms with van der Waals surface area (Å²) in [7, 11) is 0. The van der Waals surface area contributed by atoms with Gasteiger partial charge < -0.3 is 5.32 Å². The molecular weight excluding hydrogens is 260 g/mol. The molecule has 3 nitrogen and oxygen atoms in total. The van der Waals surface area contributed by atoms with Gasteiger partial charge in [-0.05, 0) is 25.3 Å². The summed E-state index contributed by atoms with van der Waals surface area (Å²) in [6, 6.07) is 11.4. The Morgan fingerprint density at radius 1 is 1.19 bits per heavy atom. The SMILES string of the molecule is CC(c1ccccc1)N1CCC(NC(=O)C(C)(C)C)CC1. The molecule has 1 aromatic rings. The van der Waals surface area contributed by atoms with E-state index in [0.717, 1.165) is 25.9 Å². The third-order valence-corrected chi connectivity index (χ3v) is 4.38.